The molecule has 30 heavy (non-hydrogen) atoms. The van der Waals surface area contributed by atoms with Crippen LogP contribution in [0.15, 0.2) is 97.5 Å². The summed E-state index contributed by atoms with van der Waals surface area (Å²) in [7, 11) is 0. The minimum atomic E-state index is -0.0558. The maximum Gasteiger partial charge on any atom is 0.170 e. The average molecular weight is 412 g/mol. The molecule has 1 aliphatic rings. The topological polar surface area (TPSA) is 46.0 Å². The van der Waals surface area contributed by atoms with E-state index in [0.717, 1.165) is 22.3 Å². The highest BCUT2D eigenvalue weighted by Crippen LogP contribution is 2.40. The second-order valence-corrected chi connectivity index (χ2v) is 7.62. The highest BCUT2D eigenvalue weighted by molar-refractivity contribution is 7.80. The lowest BCUT2D eigenvalue weighted by atomic mass is 10.0. The van der Waals surface area contributed by atoms with Crippen LogP contribution in [0, 0.1) is 0 Å². The quantitative estimate of drug-likeness (QED) is 0.492. The van der Waals surface area contributed by atoms with Crippen molar-refractivity contribution >= 4 is 17.3 Å². The number of nitrogens with one attached hydrogen (secondary N) is 1. The van der Waals surface area contributed by atoms with Crippen LogP contribution in [0.2, 0.25) is 0 Å². The van der Waals surface area contributed by atoms with Crippen molar-refractivity contribution in [1.82, 2.24) is 24.8 Å². The maximum absolute atomic E-state index is 5.79. The number of thiocarbonyl (C=S) groups is 1. The first-order chi connectivity index (χ1) is 14.8. The van der Waals surface area contributed by atoms with E-state index in [2.05, 4.69) is 67.3 Å². The van der Waals surface area contributed by atoms with Crippen molar-refractivity contribution in [1.29, 1.82) is 0 Å². The molecule has 1 aromatic carbocycles. The molecule has 2 atom stereocenters. The van der Waals surface area contributed by atoms with Crippen LogP contribution in [0.1, 0.15) is 29.0 Å². The van der Waals surface area contributed by atoms with E-state index in [1.165, 1.54) is 5.56 Å². The van der Waals surface area contributed by atoms with E-state index >= 15 is 0 Å². The fourth-order valence-corrected chi connectivity index (χ4v) is 4.32. The summed E-state index contributed by atoms with van der Waals surface area (Å²) in [5, 5.41) is 4.25. The van der Waals surface area contributed by atoms with Gasteiger partial charge in [0.2, 0.25) is 0 Å². The molecule has 0 bridgehead atoms. The van der Waals surface area contributed by atoms with Crippen LogP contribution in [-0.4, -0.2) is 24.5 Å². The van der Waals surface area contributed by atoms with E-state index in [0.29, 0.717) is 6.54 Å². The van der Waals surface area contributed by atoms with E-state index in [1.54, 1.807) is 0 Å². The van der Waals surface area contributed by atoms with E-state index < -0.39 is 0 Å². The van der Waals surface area contributed by atoms with Crippen molar-refractivity contribution in [3.05, 3.63) is 114 Å². The zero-order chi connectivity index (χ0) is 20.3. The molecule has 148 valence electrons. The van der Waals surface area contributed by atoms with Gasteiger partial charge in [-0.05, 0) is 54.2 Å². The first-order valence-electron chi connectivity index (χ1n) is 9.92. The van der Waals surface area contributed by atoms with Gasteiger partial charge in [-0.15, -0.1) is 0 Å². The summed E-state index contributed by atoms with van der Waals surface area (Å²) < 4.78 is 2.13. The third kappa shape index (κ3) is 3.46. The summed E-state index contributed by atoms with van der Waals surface area (Å²) in [5.74, 6) is 0.884. The highest BCUT2D eigenvalue weighted by Gasteiger charge is 2.41. The smallest absolute Gasteiger partial charge is 0.170 e. The predicted molar refractivity (Wildman–Crippen MR) is 121 cm³/mol. The van der Waals surface area contributed by atoms with Crippen molar-refractivity contribution < 1.29 is 0 Å². The molecule has 0 unspecified atom stereocenters. The third-order valence-corrected chi connectivity index (χ3v) is 5.73. The number of pyridine rings is 2. The summed E-state index contributed by atoms with van der Waals surface area (Å²) >= 11 is 5.79. The summed E-state index contributed by atoms with van der Waals surface area (Å²) in [5.41, 5.74) is 3.30. The van der Waals surface area contributed by atoms with E-state index in [9.17, 15) is 0 Å². The van der Waals surface area contributed by atoms with Crippen molar-refractivity contribution in [3.8, 4) is 5.82 Å². The van der Waals surface area contributed by atoms with Gasteiger partial charge in [0.15, 0.2) is 5.11 Å². The van der Waals surface area contributed by atoms with Crippen molar-refractivity contribution in [2.75, 3.05) is 0 Å². The van der Waals surface area contributed by atoms with Crippen molar-refractivity contribution in [2.24, 2.45) is 0 Å². The molecule has 1 aliphatic heterocycles. The number of benzene rings is 1. The Kier molecular flexibility index (Phi) is 4.99. The Balaban J connectivity index is 1.60. The Labute approximate surface area is 181 Å². The van der Waals surface area contributed by atoms with Crippen molar-refractivity contribution in [3.63, 3.8) is 0 Å². The van der Waals surface area contributed by atoms with Gasteiger partial charge in [-0.25, -0.2) is 4.98 Å². The molecule has 3 aromatic heterocycles. The number of nitrogens with zero attached hydrogens (tertiary/aromatic N) is 4. The molecule has 4 heterocycles. The lowest BCUT2D eigenvalue weighted by Crippen LogP contribution is -2.30. The van der Waals surface area contributed by atoms with Gasteiger partial charge >= 0.3 is 0 Å². The third-order valence-electron chi connectivity index (χ3n) is 5.37. The van der Waals surface area contributed by atoms with Gasteiger partial charge in [0.1, 0.15) is 5.82 Å². The van der Waals surface area contributed by atoms with Gasteiger partial charge in [-0.3, -0.25) is 4.98 Å². The molecule has 6 heteroatoms. The highest BCUT2D eigenvalue weighted by atomic mass is 32.1. The second-order valence-electron chi connectivity index (χ2n) is 7.23. The summed E-state index contributed by atoms with van der Waals surface area (Å²) in [6, 6.07) is 26.5. The molecule has 1 N–H and O–H groups in total. The Morgan fingerprint density at radius 3 is 2.33 bits per heavy atom. The predicted octanol–water partition coefficient (Wildman–Crippen LogP) is 4.44. The van der Waals surface area contributed by atoms with Gasteiger partial charge in [-0.1, -0.05) is 42.5 Å². The number of hydrogen-bond acceptors (Lipinski definition) is 3. The molecule has 0 aliphatic carbocycles. The second kappa shape index (κ2) is 8.08. The monoisotopic (exact) mass is 411 g/mol. The van der Waals surface area contributed by atoms with Crippen LogP contribution in [-0.2, 0) is 6.54 Å². The summed E-state index contributed by atoms with van der Waals surface area (Å²) in [6.07, 6.45) is 5.69. The molecule has 1 saturated heterocycles. The number of hydrogen-bond donors (Lipinski definition) is 1. The molecule has 0 amide bonds. The van der Waals surface area contributed by atoms with E-state index in [-0.39, 0.29) is 12.1 Å². The number of aromatic nitrogens is 3. The van der Waals surface area contributed by atoms with Crippen molar-refractivity contribution in [2.45, 2.75) is 18.6 Å². The molecular weight excluding hydrogens is 390 g/mol. The summed E-state index contributed by atoms with van der Waals surface area (Å²) in [6.45, 7) is 0.716. The molecule has 1 fully saturated rings. The van der Waals surface area contributed by atoms with Crippen LogP contribution in [0.5, 0.6) is 0 Å². The Morgan fingerprint density at radius 1 is 0.833 bits per heavy atom. The largest absolute Gasteiger partial charge is 0.352 e. The number of rotatable bonds is 5. The Morgan fingerprint density at radius 2 is 1.60 bits per heavy atom. The first kappa shape index (κ1) is 18.5. The van der Waals surface area contributed by atoms with Gasteiger partial charge in [-0.2, -0.15) is 0 Å². The van der Waals surface area contributed by atoms with Gasteiger partial charge in [0.25, 0.3) is 0 Å². The maximum atomic E-state index is 5.79. The van der Waals surface area contributed by atoms with Gasteiger partial charge in [0.05, 0.1) is 17.8 Å². The molecule has 0 spiro atoms. The van der Waals surface area contributed by atoms with Gasteiger partial charge < -0.3 is 14.8 Å². The standard InChI is InChI=1S/C24H21N5S/c30-24-27-22(19-11-4-6-14-25-19)23(29(24)17-18-9-2-1-3-10-18)20-12-8-16-28(20)21-13-5-7-15-26-21/h1-16,22-23H,17H2,(H,27,30)/t22-,23-/m1/s1. The van der Waals surface area contributed by atoms with Crippen LogP contribution >= 0.6 is 12.2 Å². The van der Waals surface area contributed by atoms with Crippen LogP contribution < -0.4 is 5.32 Å². The normalized spacial score (nSPS) is 18.4. The van der Waals surface area contributed by atoms with E-state index in [1.807, 2.05) is 54.9 Å². The lowest BCUT2D eigenvalue weighted by Gasteiger charge is -2.28. The minimum Gasteiger partial charge on any atom is -0.352 e. The Bertz CT molecular complexity index is 1130. The molecule has 0 saturated carbocycles. The molecule has 5 rings (SSSR count). The SMILES string of the molecule is S=C1N[C@H](c2ccccn2)[C@@H](c2cccn2-c2ccccn2)N1Cc1ccccc1. The molecular formula is C24H21N5S. The fourth-order valence-electron chi connectivity index (χ4n) is 4.02. The zero-order valence-electron chi connectivity index (χ0n) is 16.3. The van der Waals surface area contributed by atoms with Crippen LogP contribution in [0.4, 0.5) is 0 Å². The fraction of sp³-hybridized carbons (Fsp3) is 0.125. The van der Waals surface area contributed by atoms with Crippen LogP contribution in [0.25, 0.3) is 5.82 Å². The molecule has 0 radical (unpaired) electrons. The molecule has 4 aromatic rings. The average Bonchev–Trinajstić information content (AvgIpc) is 3.40. The minimum absolute atomic E-state index is 0.0235. The van der Waals surface area contributed by atoms with E-state index in [4.69, 9.17) is 12.2 Å². The Hall–Kier alpha value is -3.51. The van der Waals surface area contributed by atoms with Crippen LogP contribution in [0.3, 0.4) is 0 Å². The first-order valence-corrected chi connectivity index (χ1v) is 10.3. The zero-order valence-corrected chi connectivity index (χ0v) is 17.1. The lowest BCUT2D eigenvalue weighted by molar-refractivity contribution is 0.302. The van der Waals surface area contributed by atoms with Gasteiger partial charge in [0, 0.05) is 30.8 Å². The molecule has 5 nitrogen and oxygen atoms in total. The summed E-state index contributed by atoms with van der Waals surface area (Å²) in [4.78, 5) is 11.4.